The van der Waals surface area contributed by atoms with Crippen molar-refractivity contribution in [3.8, 4) is 0 Å². The SMILES string of the molecule is COCC(NC(=O)c1cccc(C(N)=O)c1)C1CCOCC1. The van der Waals surface area contributed by atoms with Gasteiger partial charge in [0.05, 0.1) is 12.6 Å². The fraction of sp³-hybridized carbons (Fsp3) is 0.500. The molecule has 1 aliphatic rings. The van der Waals surface area contributed by atoms with Crippen molar-refractivity contribution in [2.45, 2.75) is 18.9 Å². The number of hydrogen-bond acceptors (Lipinski definition) is 4. The lowest BCUT2D eigenvalue weighted by atomic mass is 9.92. The lowest BCUT2D eigenvalue weighted by molar-refractivity contribution is 0.0361. The maximum atomic E-state index is 12.4. The molecule has 120 valence electrons. The second-order valence-corrected chi connectivity index (χ2v) is 5.43. The number of primary amides is 1. The molecule has 6 nitrogen and oxygen atoms in total. The van der Waals surface area contributed by atoms with E-state index in [4.69, 9.17) is 15.2 Å². The van der Waals surface area contributed by atoms with Gasteiger partial charge in [-0.25, -0.2) is 0 Å². The second kappa shape index (κ2) is 7.91. The van der Waals surface area contributed by atoms with Crippen molar-refractivity contribution < 1.29 is 19.1 Å². The highest BCUT2D eigenvalue weighted by Gasteiger charge is 2.26. The summed E-state index contributed by atoms with van der Waals surface area (Å²) < 4.78 is 10.6. The Hall–Kier alpha value is -1.92. The van der Waals surface area contributed by atoms with Crippen molar-refractivity contribution in [1.82, 2.24) is 5.32 Å². The average molecular weight is 306 g/mol. The Kier molecular flexibility index (Phi) is 5.91. The van der Waals surface area contributed by atoms with Gasteiger partial charge in [0.2, 0.25) is 5.91 Å². The summed E-state index contributed by atoms with van der Waals surface area (Å²) in [5, 5.41) is 3.00. The molecule has 2 rings (SSSR count). The Bertz CT molecular complexity index is 527. The monoisotopic (exact) mass is 306 g/mol. The number of hydrogen-bond donors (Lipinski definition) is 2. The van der Waals surface area contributed by atoms with E-state index in [-0.39, 0.29) is 11.9 Å². The second-order valence-electron chi connectivity index (χ2n) is 5.43. The molecule has 2 amide bonds. The minimum atomic E-state index is -0.549. The fourth-order valence-corrected chi connectivity index (χ4v) is 2.66. The van der Waals surface area contributed by atoms with E-state index in [1.807, 2.05) is 0 Å². The summed E-state index contributed by atoms with van der Waals surface area (Å²) in [5.74, 6) is -0.443. The van der Waals surface area contributed by atoms with Gasteiger partial charge in [-0.15, -0.1) is 0 Å². The number of ether oxygens (including phenoxy) is 2. The molecule has 1 aromatic rings. The summed E-state index contributed by atoms with van der Waals surface area (Å²) in [7, 11) is 1.62. The van der Waals surface area contributed by atoms with E-state index in [0.29, 0.717) is 36.9 Å². The highest BCUT2D eigenvalue weighted by Crippen LogP contribution is 2.19. The first-order valence-corrected chi connectivity index (χ1v) is 7.39. The normalized spacial score (nSPS) is 17.0. The summed E-state index contributed by atoms with van der Waals surface area (Å²) in [6, 6.07) is 6.33. The molecule has 0 aliphatic carbocycles. The van der Waals surface area contributed by atoms with Crippen molar-refractivity contribution >= 4 is 11.8 Å². The summed E-state index contributed by atoms with van der Waals surface area (Å²) in [6.07, 6.45) is 1.80. The Morgan fingerprint density at radius 3 is 2.68 bits per heavy atom. The maximum Gasteiger partial charge on any atom is 0.251 e. The van der Waals surface area contributed by atoms with Gasteiger partial charge in [0.1, 0.15) is 0 Å². The largest absolute Gasteiger partial charge is 0.383 e. The van der Waals surface area contributed by atoms with E-state index in [1.54, 1.807) is 25.3 Å². The zero-order valence-corrected chi connectivity index (χ0v) is 12.7. The highest BCUT2D eigenvalue weighted by atomic mass is 16.5. The van der Waals surface area contributed by atoms with Crippen LogP contribution >= 0.6 is 0 Å². The van der Waals surface area contributed by atoms with Crippen molar-refractivity contribution in [2.24, 2.45) is 11.7 Å². The topological polar surface area (TPSA) is 90.6 Å². The van der Waals surface area contributed by atoms with Crippen LogP contribution in [0.4, 0.5) is 0 Å². The molecule has 1 heterocycles. The lowest BCUT2D eigenvalue weighted by Gasteiger charge is -2.30. The molecule has 6 heteroatoms. The van der Waals surface area contributed by atoms with Crippen LogP contribution < -0.4 is 11.1 Å². The molecule has 22 heavy (non-hydrogen) atoms. The first kappa shape index (κ1) is 16.5. The summed E-state index contributed by atoms with van der Waals surface area (Å²) >= 11 is 0. The minimum Gasteiger partial charge on any atom is -0.383 e. The van der Waals surface area contributed by atoms with Crippen LogP contribution in [0, 0.1) is 5.92 Å². The lowest BCUT2D eigenvalue weighted by Crippen LogP contribution is -2.45. The minimum absolute atomic E-state index is 0.0707. The van der Waals surface area contributed by atoms with Gasteiger partial charge in [-0.2, -0.15) is 0 Å². The van der Waals surface area contributed by atoms with Crippen LogP contribution in [-0.4, -0.2) is 44.8 Å². The van der Waals surface area contributed by atoms with Crippen molar-refractivity contribution in [1.29, 1.82) is 0 Å². The van der Waals surface area contributed by atoms with Crippen molar-refractivity contribution in [3.63, 3.8) is 0 Å². The number of amides is 2. The zero-order chi connectivity index (χ0) is 15.9. The molecule has 0 aromatic heterocycles. The molecule has 1 fully saturated rings. The molecule has 1 aromatic carbocycles. The van der Waals surface area contributed by atoms with Crippen LogP contribution in [-0.2, 0) is 9.47 Å². The van der Waals surface area contributed by atoms with E-state index in [2.05, 4.69) is 5.32 Å². The number of methoxy groups -OCH3 is 1. The number of benzene rings is 1. The average Bonchev–Trinajstić information content (AvgIpc) is 2.55. The van der Waals surface area contributed by atoms with Crippen molar-refractivity contribution in [2.75, 3.05) is 26.9 Å². The van der Waals surface area contributed by atoms with Gasteiger partial charge >= 0.3 is 0 Å². The number of rotatable bonds is 6. The van der Waals surface area contributed by atoms with Crippen molar-refractivity contribution in [3.05, 3.63) is 35.4 Å². The molecule has 0 spiro atoms. The molecule has 0 bridgehead atoms. The van der Waals surface area contributed by atoms with Gasteiger partial charge in [-0.3, -0.25) is 9.59 Å². The van der Waals surface area contributed by atoms with E-state index >= 15 is 0 Å². The number of nitrogens with two attached hydrogens (primary N) is 1. The summed E-state index contributed by atoms with van der Waals surface area (Å²) in [4.78, 5) is 23.6. The third kappa shape index (κ3) is 4.29. The number of carbonyl (C=O) groups excluding carboxylic acids is 2. The maximum absolute atomic E-state index is 12.4. The van der Waals surface area contributed by atoms with Crippen LogP contribution in [0.1, 0.15) is 33.6 Å². The number of nitrogens with one attached hydrogen (secondary N) is 1. The molecule has 1 unspecified atom stereocenters. The molecule has 3 N–H and O–H groups in total. The fourth-order valence-electron chi connectivity index (χ4n) is 2.66. The summed E-state index contributed by atoms with van der Waals surface area (Å²) in [6.45, 7) is 1.86. The van der Waals surface area contributed by atoms with Crippen LogP contribution in [0.5, 0.6) is 0 Å². The van der Waals surface area contributed by atoms with E-state index in [1.165, 1.54) is 6.07 Å². The molecular weight excluding hydrogens is 284 g/mol. The van der Waals surface area contributed by atoms with E-state index in [9.17, 15) is 9.59 Å². The summed E-state index contributed by atoms with van der Waals surface area (Å²) in [5.41, 5.74) is 5.99. The van der Waals surface area contributed by atoms with Crippen LogP contribution in [0.15, 0.2) is 24.3 Å². The quantitative estimate of drug-likeness (QED) is 0.819. The standard InChI is InChI=1S/C16H22N2O4/c1-21-10-14(11-5-7-22-8-6-11)18-16(20)13-4-2-3-12(9-13)15(17)19/h2-4,9,11,14H,5-8,10H2,1H3,(H2,17,19)(H,18,20). The molecule has 1 atom stereocenters. The predicted octanol–water partition coefficient (Wildman–Crippen LogP) is 0.957. The smallest absolute Gasteiger partial charge is 0.251 e. The Labute approximate surface area is 130 Å². The van der Waals surface area contributed by atoms with E-state index in [0.717, 1.165) is 12.8 Å². The predicted molar refractivity (Wildman–Crippen MR) is 81.6 cm³/mol. The van der Waals surface area contributed by atoms with Gasteiger partial charge in [0, 0.05) is 31.5 Å². The molecule has 1 saturated heterocycles. The van der Waals surface area contributed by atoms with Crippen LogP contribution in [0.25, 0.3) is 0 Å². The van der Waals surface area contributed by atoms with Crippen LogP contribution in [0.2, 0.25) is 0 Å². The Balaban J connectivity index is 2.06. The molecule has 0 radical (unpaired) electrons. The van der Waals surface area contributed by atoms with Gasteiger partial charge in [0.15, 0.2) is 0 Å². The molecule has 1 aliphatic heterocycles. The number of carbonyl (C=O) groups is 2. The third-order valence-corrected chi connectivity index (χ3v) is 3.91. The molecule has 0 saturated carbocycles. The van der Waals surface area contributed by atoms with E-state index < -0.39 is 5.91 Å². The van der Waals surface area contributed by atoms with Crippen LogP contribution in [0.3, 0.4) is 0 Å². The van der Waals surface area contributed by atoms with Gasteiger partial charge in [-0.1, -0.05) is 6.07 Å². The Morgan fingerprint density at radius 2 is 2.05 bits per heavy atom. The molecular formula is C16H22N2O4. The van der Waals surface area contributed by atoms with Gasteiger partial charge in [0.25, 0.3) is 5.91 Å². The van der Waals surface area contributed by atoms with Gasteiger partial charge in [-0.05, 0) is 37.0 Å². The first-order chi connectivity index (χ1) is 10.6. The Morgan fingerprint density at radius 1 is 1.36 bits per heavy atom. The highest BCUT2D eigenvalue weighted by molar-refractivity contribution is 5.99. The first-order valence-electron chi connectivity index (χ1n) is 7.39. The van der Waals surface area contributed by atoms with Gasteiger partial charge < -0.3 is 20.5 Å². The third-order valence-electron chi connectivity index (χ3n) is 3.91. The zero-order valence-electron chi connectivity index (χ0n) is 12.7.